The number of hydrogen-bond donors (Lipinski definition) is 0. The average molecular weight is 240 g/mol. The molecule has 0 radical (unpaired) electrons. The van der Waals surface area contributed by atoms with Crippen LogP contribution in [0.2, 0.25) is 0 Å². The quantitative estimate of drug-likeness (QED) is 0.589. The summed E-state index contributed by atoms with van der Waals surface area (Å²) < 4.78 is 7.02. The number of benzene rings is 1. The van der Waals surface area contributed by atoms with Crippen molar-refractivity contribution in [2.45, 2.75) is 0 Å². The number of aromatic nitrogens is 1. The minimum absolute atomic E-state index is 0.166. The Bertz CT molecular complexity index is 628. The Morgan fingerprint density at radius 2 is 2.19 bits per heavy atom. The maximum Gasteiger partial charge on any atom is 0.311 e. The maximum atomic E-state index is 11.6. The molecule has 0 fully saturated rings. The van der Waals surface area contributed by atoms with Gasteiger partial charge in [-0.1, -0.05) is 11.5 Å². The average Bonchev–Trinajstić information content (AvgIpc) is 2.53. The number of methoxy groups -OCH3 is 1. The van der Waals surface area contributed by atoms with Gasteiger partial charge in [-0.25, -0.2) is 0 Å². The molecule has 1 aromatic carbocycles. The predicted molar refractivity (Wildman–Crippen MR) is 60.3 cm³/mol. The summed E-state index contributed by atoms with van der Waals surface area (Å²) in [6.07, 6.45) is 0. The van der Waals surface area contributed by atoms with Crippen molar-refractivity contribution in [2.24, 2.45) is 7.05 Å². The molecule has 0 bridgehead atoms. The number of aryl methyl sites for hydroxylation is 1. The number of rotatable bonds is 2. The van der Waals surface area contributed by atoms with Crippen molar-refractivity contribution in [3.63, 3.8) is 0 Å². The lowest BCUT2D eigenvalue weighted by molar-refractivity contribution is -0.385. The third-order valence-corrected chi connectivity index (χ3v) is 3.20. The number of nitro groups is 1. The maximum absolute atomic E-state index is 11.6. The van der Waals surface area contributed by atoms with Crippen LogP contribution in [0, 0.1) is 10.1 Å². The van der Waals surface area contributed by atoms with Crippen molar-refractivity contribution < 1.29 is 9.66 Å². The van der Waals surface area contributed by atoms with Gasteiger partial charge in [-0.15, -0.1) is 0 Å². The topological polar surface area (TPSA) is 74.4 Å². The van der Waals surface area contributed by atoms with Gasteiger partial charge >= 0.3 is 5.69 Å². The Hall–Kier alpha value is -1.89. The van der Waals surface area contributed by atoms with E-state index in [1.54, 1.807) is 7.05 Å². The second kappa shape index (κ2) is 3.60. The highest BCUT2D eigenvalue weighted by molar-refractivity contribution is 7.13. The van der Waals surface area contributed by atoms with E-state index in [2.05, 4.69) is 0 Å². The molecule has 1 aromatic heterocycles. The molecule has 0 aliphatic heterocycles. The summed E-state index contributed by atoms with van der Waals surface area (Å²) in [6.45, 7) is 0. The second-order valence-electron chi connectivity index (χ2n) is 3.17. The summed E-state index contributed by atoms with van der Waals surface area (Å²) in [7, 11) is 2.98. The molecule has 0 aliphatic rings. The first-order valence-electron chi connectivity index (χ1n) is 4.37. The highest BCUT2D eigenvalue weighted by atomic mass is 32.1. The highest BCUT2D eigenvalue weighted by Gasteiger charge is 2.18. The fraction of sp³-hybridized carbons (Fsp3) is 0.222. The van der Waals surface area contributed by atoms with Gasteiger partial charge in [0, 0.05) is 19.2 Å². The SMILES string of the molecule is COc1cc2sn(C)c(=O)c2cc1[N+](=O)[O-]. The molecular weight excluding hydrogens is 232 g/mol. The van der Waals surface area contributed by atoms with Crippen LogP contribution in [0.15, 0.2) is 16.9 Å². The molecule has 2 rings (SSSR count). The van der Waals surface area contributed by atoms with Crippen LogP contribution in [0.4, 0.5) is 5.69 Å². The van der Waals surface area contributed by atoms with Gasteiger partial charge in [-0.2, -0.15) is 0 Å². The molecular formula is C9H8N2O4S. The normalized spacial score (nSPS) is 10.6. The van der Waals surface area contributed by atoms with E-state index in [9.17, 15) is 14.9 Å². The van der Waals surface area contributed by atoms with Gasteiger partial charge in [0.2, 0.25) is 0 Å². The van der Waals surface area contributed by atoms with Crippen LogP contribution in [-0.4, -0.2) is 16.0 Å². The molecule has 0 unspecified atom stereocenters. The molecule has 0 saturated carbocycles. The Morgan fingerprint density at radius 1 is 1.50 bits per heavy atom. The monoisotopic (exact) mass is 240 g/mol. The van der Waals surface area contributed by atoms with E-state index in [1.165, 1.54) is 34.7 Å². The lowest BCUT2D eigenvalue weighted by atomic mass is 10.2. The number of hydrogen-bond acceptors (Lipinski definition) is 5. The van der Waals surface area contributed by atoms with Crippen molar-refractivity contribution in [2.75, 3.05) is 7.11 Å². The molecule has 0 amide bonds. The van der Waals surface area contributed by atoms with Gasteiger partial charge in [-0.05, 0) is 0 Å². The predicted octanol–water partition coefficient (Wildman–Crippen LogP) is 1.52. The van der Waals surface area contributed by atoms with Crippen LogP contribution in [0.3, 0.4) is 0 Å². The Morgan fingerprint density at radius 3 is 2.75 bits per heavy atom. The Balaban J connectivity index is 2.86. The largest absolute Gasteiger partial charge is 0.490 e. The van der Waals surface area contributed by atoms with E-state index >= 15 is 0 Å². The number of nitro benzene ring substituents is 1. The third-order valence-electron chi connectivity index (χ3n) is 2.23. The van der Waals surface area contributed by atoms with Crippen LogP contribution in [0.5, 0.6) is 5.75 Å². The Kier molecular flexibility index (Phi) is 2.39. The number of fused-ring (bicyclic) bond motifs is 1. The van der Waals surface area contributed by atoms with Gasteiger partial charge in [0.05, 0.1) is 22.1 Å². The first-order chi connectivity index (χ1) is 7.54. The molecule has 0 aliphatic carbocycles. The fourth-order valence-electron chi connectivity index (χ4n) is 1.46. The third kappa shape index (κ3) is 1.45. The van der Waals surface area contributed by atoms with E-state index in [4.69, 9.17) is 4.74 Å². The van der Waals surface area contributed by atoms with Crippen molar-refractivity contribution in [1.82, 2.24) is 3.96 Å². The fourth-order valence-corrected chi connectivity index (χ4v) is 2.34. The van der Waals surface area contributed by atoms with E-state index in [0.717, 1.165) is 0 Å². The lowest BCUT2D eigenvalue weighted by Crippen LogP contribution is -2.07. The van der Waals surface area contributed by atoms with Gasteiger partial charge in [0.15, 0.2) is 5.75 Å². The van der Waals surface area contributed by atoms with Crippen molar-refractivity contribution in [3.05, 3.63) is 32.6 Å². The van der Waals surface area contributed by atoms with Crippen LogP contribution in [-0.2, 0) is 7.05 Å². The molecule has 1 heterocycles. The molecule has 16 heavy (non-hydrogen) atoms. The Labute approximate surface area is 94.0 Å². The molecule has 84 valence electrons. The van der Waals surface area contributed by atoms with E-state index < -0.39 is 4.92 Å². The molecule has 7 heteroatoms. The molecule has 0 spiro atoms. The smallest absolute Gasteiger partial charge is 0.311 e. The molecule has 0 N–H and O–H groups in total. The lowest BCUT2D eigenvalue weighted by Gasteiger charge is -2.00. The molecule has 0 atom stereocenters. The molecule has 2 aromatic rings. The standard InChI is InChI=1S/C9H8N2O4S/c1-10-9(12)5-3-6(11(13)14)7(15-2)4-8(5)16-10/h3-4H,1-2H3. The van der Waals surface area contributed by atoms with Gasteiger partial charge in [0.25, 0.3) is 5.56 Å². The summed E-state index contributed by atoms with van der Waals surface area (Å²) in [4.78, 5) is 21.8. The zero-order valence-electron chi connectivity index (χ0n) is 8.59. The first-order valence-corrected chi connectivity index (χ1v) is 5.14. The highest BCUT2D eigenvalue weighted by Crippen LogP contribution is 2.32. The number of ether oxygens (including phenoxy) is 1. The summed E-state index contributed by atoms with van der Waals surface area (Å²) in [6, 6.07) is 2.77. The van der Waals surface area contributed by atoms with E-state index in [1.807, 2.05) is 0 Å². The summed E-state index contributed by atoms with van der Waals surface area (Å²) in [5.41, 5.74) is -0.420. The van der Waals surface area contributed by atoms with E-state index in [0.29, 0.717) is 10.1 Å². The van der Waals surface area contributed by atoms with Crippen molar-refractivity contribution in [3.8, 4) is 5.75 Å². The van der Waals surface area contributed by atoms with E-state index in [-0.39, 0.29) is 17.0 Å². The van der Waals surface area contributed by atoms with Crippen LogP contribution in [0.1, 0.15) is 0 Å². The molecule has 6 nitrogen and oxygen atoms in total. The minimum atomic E-state index is -0.560. The van der Waals surface area contributed by atoms with Crippen molar-refractivity contribution >= 4 is 27.3 Å². The van der Waals surface area contributed by atoms with Crippen LogP contribution < -0.4 is 10.3 Å². The minimum Gasteiger partial charge on any atom is -0.490 e. The van der Waals surface area contributed by atoms with Gasteiger partial charge < -0.3 is 4.74 Å². The number of nitrogens with zero attached hydrogens (tertiary/aromatic N) is 2. The van der Waals surface area contributed by atoms with Gasteiger partial charge in [-0.3, -0.25) is 18.9 Å². The van der Waals surface area contributed by atoms with Crippen molar-refractivity contribution in [1.29, 1.82) is 0 Å². The second-order valence-corrected chi connectivity index (χ2v) is 4.34. The zero-order valence-corrected chi connectivity index (χ0v) is 9.41. The molecule has 0 saturated heterocycles. The van der Waals surface area contributed by atoms with Crippen LogP contribution in [0.25, 0.3) is 10.1 Å². The van der Waals surface area contributed by atoms with Gasteiger partial charge in [0.1, 0.15) is 0 Å². The summed E-state index contributed by atoms with van der Waals surface area (Å²) >= 11 is 1.23. The summed E-state index contributed by atoms with van der Waals surface area (Å²) in [5.74, 6) is 0.166. The zero-order chi connectivity index (χ0) is 11.9. The summed E-state index contributed by atoms with van der Waals surface area (Å²) in [5, 5.41) is 11.1. The first kappa shape index (κ1) is 10.6. The van der Waals surface area contributed by atoms with Crippen LogP contribution >= 0.6 is 11.5 Å².